The van der Waals surface area contributed by atoms with Crippen LogP contribution in [-0.4, -0.2) is 29.2 Å². The standard InChI is InChI=1S/C13H13BrFNOS/c1-8(7-14)16(2)13(17)12-5-9-3-4-10(15)6-11(9)18-12/h3-6,8H,7H2,1-2H3. The van der Waals surface area contributed by atoms with E-state index in [9.17, 15) is 9.18 Å². The van der Waals surface area contributed by atoms with E-state index in [1.165, 1.54) is 23.5 Å². The van der Waals surface area contributed by atoms with Crippen molar-refractivity contribution in [1.29, 1.82) is 0 Å². The van der Waals surface area contributed by atoms with Gasteiger partial charge in [-0.15, -0.1) is 11.3 Å². The molecule has 0 aliphatic heterocycles. The van der Waals surface area contributed by atoms with Crippen LogP contribution in [0.5, 0.6) is 0 Å². The highest BCUT2D eigenvalue weighted by Crippen LogP contribution is 2.27. The number of fused-ring (bicyclic) bond motifs is 1. The number of hydrogen-bond acceptors (Lipinski definition) is 2. The van der Waals surface area contributed by atoms with E-state index in [-0.39, 0.29) is 17.8 Å². The highest BCUT2D eigenvalue weighted by molar-refractivity contribution is 9.09. The van der Waals surface area contributed by atoms with E-state index in [2.05, 4.69) is 15.9 Å². The number of carbonyl (C=O) groups excluding carboxylic acids is 1. The number of thiophene rings is 1. The number of alkyl halides is 1. The second-order valence-corrected chi connectivity index (χ2v) is 5.94. The zero-order valence-corrected chi connectivity index (χ0v) is 12.5. The first-order valence-electron chi connectivity index (χ1n) is 5.55. The van der Waals surface area contributed by atoms with Crippen LogP contribution in [0.2, 0.25) is 0 Å². The van der Waals surface area contributed by atoms with Crippen molar-refractivity contribution >= 4 is 43.3 Å². The molecule has 1 heterocycles. The first-order chi connectivity index (χ1) is 8.52. The van der Waals surface area contributed by atoms with Crippen molar-refractivity contribution in [2.24, 2.45) is 0 Å². The third kappa shape index (κ3) is 2.57. The normalized spacial score (nSPS) is 12.7. The summed E-state index contributed by atoms with van der Waals surface area (Å²) >= 11 is 4.69. The fourth-order valence-corrected chi connectivity index (χ4v) is 3.09. The molecule has 1 unspecified atom stereocenters. The van der Waals surface area contributed by atoms with Crippen molar-refractivity contribution in [3.05, 3.63) is 35.0 Å². The summed E-state index contributed by atoms with van der Waals surface area (Å²) in [5.74, 6) is -0.297. The molecule has 2 rings (SSSR count). The van der Waals surface area contributed by atoms with Crippen LogP contribution in [0.3, 0.4) is 0 Å². The minimum atomic E-state index is -0.273. The van der Waals surface area contributed by atoms with Gasteiger partial charge in [-0.05, 0) is 30.5 Å². The van der Waals surface area contributed by atoms with Gasteiger partial charge in [0.1, 0.15) is 5.82 Å². The lowest BCUT2D eigenvalue weighted by Crippen LogP contribution is -2.35. The van der Waals surface area contributed by atoms with E-state index < -0.39 is 0 Å². The predicted molar refractivity (Wildman–Crippen MR) is 77.1 cm³/mol. The highest BCUT2D eigenvalue weighted by atomic mass is 79.9. The number of hydrogen-bond donors (Lipinski definition) is 0. The summed E-state index contributed by atoms with van der Waals surface area (Å²) in [6, 6.07) is 6.52. The van der Waals surface area contributed by atoms with Crippen LogP contribution in [-0.2, 0) is 0 Å². The Bertz CT molecular complexity index is 583. The van der Waals surface area contributed by atoms with Crippen LogP contribution in [0.1, 0.15) is 16.6 Å². The van der Waals surface area contributed by atoms with Crippen LogP contribution >= 0.6 is 27.3 Å². The van der Waals surface area contributed by atoms with Crippen molar-refractivity contribution in [1.82, 2.24) is 4.90 Å². The summed E-state index contributed by atoms with van der Waals surface area (Å²) in [4.78, 5) is 14.6. The largest absolute Gasteiger partial charge is 0.337 e. The number of carbonyl (C=O) groups is 1. The molecule has 2 aromatic rings. The van der Waals surface area contributed by atoms with Gasteiger partial charge in [-0.3, -0.25) is 4.79 Å². The van der Waals surface area contributed by atoms with Crippen LogP contribution in [0.15, 0.2) is 24.3 Å². The first kappa shape index (κ1) is 13.5. The Morgan fingerprint density at radius 1 is 1.50 bits per heavy atom. The van der Waals surface area contributed by atoms with Crippen molar-refractivity contribution in [3.63, 3.8) is 0 Å². The molecule has 0 radical (unpaired) electrons. The third-order valence-electron chi connectivity index (χ3n) is 2.90. The summed E-state index contributed by atoms with van der Waals surface area (Å²) in [7, 11) is 1.78. The number of benzene rings is 1. The number of nitrogens with zero attached hydrogens (tertiary/aromatic N) is 1. The third-order valence-corrected chi connectivity index (χ3v) is 4.92. The molecule has 1 atom stereocenters. The predicted octanol–water partition coefficient (Wildman–Crippen LogP) is 3.90. The molecule has 5 heteroatoms. The molecule has 0 N–H and O–H groups in total. The average Bonchev–Trinajstić information content (AvgIpc) is 2.78. The minimum absolute atomic E-state index is 0.0245. The van der Waals surface area contributed by atoms with Gasteiger partial charge in [-0.2, -0.15) is 0 Å². The van der Waals surface area contributed by atoms with E-state index in [0.29, 0.717) is 4.88 Å². The Balaban J connectivity index is 2.33. The fourth-order valence-electron chi connectivity index (χ4n) is 1.59. The maximum atomic E-state index is 13.1. The Morgan fingerprint density at radius 3 is 2.89 bits per heavy atom. The van der Waals surface area contributed by atoms with Gasteiger partial charge in [0, 0.05) is 23.1 Å². The summed E-state index contributed by atoms with van der Waals surface area (Å²) in [5, 5.41) is 1.64. The van der Waals surface area contributed by atoms with Gasteiger partial charge in [0.2, 0.25) is 0 Å². The summed E-state index contributed by atoms with van der Waals surface area (Å²) in [6.07, 6.45) is 0. The Morgan fingerprint density at radius 2 is 2.22 bits per heavy atom. The zero-order chi connectivity index (χ0) is 13.3. The molecule has 1 aromatic heterocycles. The molecule has 1 amide bonds. The topological polar surface area (TPSA) is 20.3 Å². The Labute approximate surface area is 118 Å². The van der Waals surface area contributed by atoms with Gasteiger partial charge < -0.3 is 4.90 Å². The first-order valence-corrected chi connectivity index (χ1v) is 7.49. The maximum Gasteiger partial charge on any atom is 0.263 e. The number of halogens is 2. The SMILES string of the molecule is CC(CBr)N(C)C(=O)c1cc2ccc(F)cc2s1. The molecule has 0 saturated carbocycles. The van der Waals surface area contributed by atoms with E-state index in [1.807, 2.05) is 13.0 Å². The van der Waals surface area contributed by atoms with Gasteiger partial charge in [0.25, 0.3) is 5.91 Å². The van der Waals surface area contributed by atoms with Crippen molar-refractivity contribution in [2.45, 2.75) is 13.0 Å². The molecule has 0 bridgehead atoms. The zero-order valence-electron chi connectivity index (χ0n) is 10.1. The molecular weight excluding hydrogens is 317 g/mol. The van der Waals surface area contributed by atoms with Crippen molar-refractivity contribution < 1.29 is 9.18 Å². The fraction of sp³-hybridized carbons (Fsp3) is 0.308. The maximum absolute atomic E-state index is 13.1. The molecule has 0 aliphatic carbocycles. The lowest BCUT2D eigenvalue weighted by Gasteiger charge is -2.22. The van der Waals surface area contributed by atoms with Gasteiger partial charge in [0.05, 0.1) is 4.88 Å². The van der Waals surface area contributed by atoms with E-state index in [0.717, 1.165) is 15.4 Å². The van der Waals surface area contributed by atoms with E-state index in [4.69, 9.17) is 0 Å². The molecule has 0 aliphatic rings. The van der Waals surface area contributed by atoms with Crippen molar-refractivity contribution in [3.8, 4) is 0 Å². The molecule has 18 heavy (non-hydrogen) atoms. The van der Waals surface area contributed by atoms with Gasteiger partial charge in [-0.1, -0.05) is 22.0 Å². The van der Waals surface area contributed by atoms with E-state index in [1.54, 1.807) is 18.0 Å². The lowest BCUT2D eigenvalue weighted by molar-refractivity contribution is 0.0763. The molecule has 0 saturated heterocycles. The monoisotopic (exact) mass is 329 g/mol. The highest BCUT2D eigenvalue weighted by Gasteiger charge is 2.18. The summed E-state index contributed by atoms with van der Waals surface area (Å²) in [5.41, 5.74) is 0. The lowest BCUT2D eigenvalue weighted by atomic mass is 10.2. The Hall–Kier alpha value is -0.940. The Kier molecular flexibility index (Phi) is 4.02. The van der Waals surface area contributed by atoms with Gasteiger partial charge in [0.15, 0.2) is 0 Å². The number of amides is 1. The van der Waals surface area contributed by atoms with Crippen LogP contribution in [0.4, 0.5) is 4.39 Å². The smallest absolute Gasteiger partial charge is 0.263 e. The van der Waals surface area contributed by atoms with Crippen LogP contribution < -0.4 is 0 Å². The molecular formula is C13H13BrFNOS. The minimum Gasteiger partial charge on any atom is -0.337 e. The molecule has 2 nitrogen and oxygen atoms in total. The van der Waals surface area contributed by atoms with Gasteiger partial charge >= 0.3 is 0 Å². The summed E-state index contributed by atoms with van der Waals surface area (Å²) in [6.45, 7) is 1.97. The molecule has 1 aromatic carbocycles. The second kappa shape index (κ2) is 5.36. The molecule has 96 valence electrons. The quantitative estimate of drug-likeness (QED) is 0.782. The van der Waals surface area contributed by atoms with Crippen LogP contribution in [0.25, 0.3) is 10.1 Å². The van der Waals surface area contributed by atoms with Crippen LogP contribution in [0, 0.1) is 5.82 Å². The van der Waals surface area contributed by atoms with Crippen molar-refractivity contribution in [2.75, 3.05) is 12.4 Å². The summed E-state index contributed by atoms with van der Waals surface area (Å²) < 4.78 is 13.9. The second-order valence-electron chi connectivity index (χ2n) is 4.21. The number of rotatable bonds is 3. The molecule has 0 fully saturated rings. The molecule has 0 spiro atoms. The average molecular weight is 330 g/mol. The van der Waals surface area contributed by atoms with E-state index >= 15 is 0 Å². The van der Waals surface area contributed by atoms with Gasteiger partial charge in [-0.25, -0.2) is 4.39 Å².